The topological polar surface area (TPSA) is 78.3 Å². The van der Waals surface area contributed by atoms with Gasteiger partial charge in [0.15, 0.2) is 5.75 Å². The number of primary amides is 1. The fourth-order valence-electron chi connectivity index (χ4n) is 0.979. The van der Waals surface area contributed by atoms with Gasteiger partial charge in [-0.25, -0.2) is 0 Å². The van der Waals surface area contributed by atoms with Crippen molar-refractivity contribution < 1.29 is 22.7 Å². The molecule has 0 fully saturated rings. The standard InChI is InChI=1S/C8H7F3N2O2/c9-8(10,11)15-6-4(7(13)14)2-1-3-5(6)12/h1-3H,12H2,(H2,13,14). The minimum Gasteiger partial charge on any atom is -0.403 e. The zero-order valence-corrected chi connectivity index (χ0v) is 7.34. The minimum absolute atomic E-state index is 0.302. The lowest BCUT2D eigenvalue weighted by Gasteiger charge is -2.13. The zero-order valence-electron chi connectivity index (χ0n) is 7.34. The summed E-state index contributed by atoms with van der Waals surface area (Å²) in [6, 6.07) is 3.58. The highest BCUT2D eigenvalue weighted by atomic mass is 19.4. The highest BCUT2D eigenvalue weighted by Gasteiger charge is 2.33. The van der Waals surface area contributed by atoms with E-state index in [1.54, 1.807) is 0 Å². The Labute approximate surface area is 82.6 Å². The predicted octanol–water partition coefficient (Wildman–Crippen LogP) is 1.27. The number of para-hydroxylation sites is 1. The summed E-state index contributed by atoms with van der Waals surface area (Å²) in [6.45, 7) is 0. The molecular formula is C8H7F3N2O2. The Morgan fingerprint density at radius 2 is 1.93 bits per heavy atom. The Morgan fingerprint density at radius 3 is 2.40 bits per heavy atom. The minimum atomic E-state index is -4.92. The molecule has 0 aliphatic heterocycles. The van der Waals surface area contributed by atoms with E-state index in [2.05, 4.69) is 4.74 Å². The van der Waals surface area contributed by atoms with E-state index in [0.717, 1.165) is 6.07 Å². The smallest absolute Gasteiger partial charge is 0.403 e. The van der Waals surface area contributed by atoms with Crippen LogP contribution in [-0.2, 0) is 0 Å². The van der Waals surface area contributed by atoms with Crippen LogP contribution in [0, 0.1) is 0 Å². The van der Waals surface area contributed by atoms with Gasteiger partial charge in [-0.05, 0) is 12.1 Å². The SMILES string of the molecule is NC(=O)c1cccc(N)c1OC(F)(F)F. The molecule has 7 heteroatoms. The average molecular weight is 220 g/mol. The van der Waals surface area contributed by atoms with Crippen molar-refractivity contribution in [3.63, 3.8) is 0 Å². The fourth-order valence-corrected chi connectivity index (χ4v) is 0.979. The first kappa shape index (κ1) is 11.2. The van der Waals surface area contributed by atoms with E-state index in [-0.39, 0.29) is 5.69 Å². The van der Waals surface area contributed by atoms with E-state index in [9.17, 15) is 18.0 Å². The third kappa shape index (κ3) is 2.76. The molecule has 0 aliphatic carbocycles. The van der Waals surface area contributed by atoms with Crippen LogP contribution in [0.3, 0.4) is 0 Å². The second kappa shape index (κ2) is 3.68. The molecule has 4 N–H and O–H groups in total. The van der Waals surface area contributed by atoms with Crippen LogP contribution < -0.4 is 16.2 Å². The molecule has 0 aromatic heterocycles. The number of nitrogens with two attached hydrogens (primary N) is 2. The molecule has 0 bridgehead atoms. The number of hydrogen-bond acceptors (Lipinski definition) is 3. The normalized spacial score (nSPS) is 11.1. The number of nitrogen functional groups attached to an aromatic ring is 1. The summed E-state index contributed by atoms with van der Waals surface area (Å²) in [4.78, 5) is 10.8. The number of ether oxygens (including phenoxy) is 1. The summed E-state index contributed by atoms with van der Waals surface area (Å²) < 4.78 is 39.4. The van der Waals surface area contributed by atoms with Crippen molar-refractivity contribution in [2.75, 3.05) is 5.73 Å². The van der Waals surface area contributed by atoms with Crippen LogP contribution in [0.5, 0.6) is 5.75 Å². The van der Waals surface area contributed by atoms with Gasteiger partial charge in [0.1, 0.15) is 0 Å². The lowest BCUT2D eigenvalue weighted by molar-refractivity contribution is -0.274. The molecule has 4 nitrogen and oxygen atoms in total. The van der Waals surface area contributed by atoms with E-state index >= 15 is 0 Å². The van der Waals surface area contributed by atoms with E-state index in [0.29, 0.717) is 0 Å². The third-order valence-electron chi connectivity index (χ3n) is 1.53. The van der Waals surface area contributed by atoms with Crippen LogP contribution in [0.2, 0.25) is 0 Å². The van der Waals surface area contributed by atoms with Crippen LogP contribution in [0.4, 0.5) is 18.9 Å². The molecule has 0 heterocycles. The van der Waals surface area contributed by atoms with E-state index in [4.69, 9.17) is 11.5 Å². The highest BCUT2D eigenvalue weighted by Crippen LogP contribution is 2.31. The van der Waals surface area contributed by atoms with Crippen molar-refractivity contribution in [2.45, 2.75) is 6.36 Å². The van der Waals surface area contributed by atoms with Crippen molar-refractivity contribution in [3.8, 4) is 5.75 Å². The number of carbonyl (C=O) groups is 1. The van der Waals surface area contributed by atoms with Gasteiger partial charge in [0.05, 0.1) is 11.3 Å². The Bertz CT molecular complexity index is 390. The largest absolute Gasteiger partial charge is 0.573 e. The summed E-state index contributed by atoms with van der Waals surface area (Å²) in [5, 5.41) is 0. The van der Waals surface area contributed by atoms with E-state index in [1.807, 2.05) is 0 Å². The quantitative estimate of drug-likeness (QED) is 0.736. The number of rotatable bonds is 2. The Kier molecular flexibility index (Phi) is 2.74. The number of hydrogen-bond donors (Lipinski definition) is 2. The molecule has 0 aliphatic rings. The molecule has 0 saturated carbocycles. The number of anilines is 1. The van der Waals surface area contributed by atoms with Gasteiger partial charge >= 0.3 is 6.36 Å². The second-order valence-corrected chi connectivity index (χ2v) is 2.64. The highest BCUT2D eigenvalue weighted by molar-refractivity contribution is 5.97. The molecule has 0 spiro atoms. The van der Waals surface area contributed by atoms with Gasteiger partial charge < -0.3 is 16.2 Å². The number of benzene rings is 1. The number of alkyl halides is 3. The van der Waals surface area contributed by atoms with Crippen LogP contribution in [0.15, 0.2) is 18.2 Å². The molecule has 1 aromatic rings. The third-order valence-corrected chi connectivity index (χ3v) is 1.53. The molecule has 0 radical (unpaired) electrons. The molecule has 0 unspecified atom stereocenters. The van der Waals surface area contributed by atoms with Gasteiger partial charge in [-0.3, -0.25) is 4.79 Å². The number of amides is 1. The monoisotopic (exact) mass is 220 g/mol. The lowest BCUT2D eigenvalue weighted by atomic mass is 10.1. The fraction of sp³-hybridized carbons (Fsp3) is 0.125. The van der Waals surface area contributed by atoms with Crippen LogP contribution in [0.25, 0.3) is 0 Å². The summed E-state index contributed by atoms with van der Waals surface area (Å²) in [5.74, 6) is -1.81. The van der Waals surface area contributed by atoms with Crippen LogP contribution in [0.1, 0.15) is 10.4 Å². The summed E-state index contributed by atoms with van der Waals surface area (Å²) in [5.41, 5.74) is 9.38. The van der Waals surface area contributed by atoms with Gasteiger partial charge in [0, 0.05) is 0 Å². The molecule has 1 amide bonds. The molecule has 1 aromatic carbocycles. The van der Waals surface area contributed by atoms with Gasteiger partial charge in [0.25, 0.3) is 5.91 Å². The summed E-state index contributed by atoms with van der Waals surface area (Å²) >= 11 is 0. The number of halogens is 3. The molecule has 0 atom stereocenters. The van der Waals surface area contributed by atoms with Crippen molar-refractivity contribution in [1.82, 2.24) is 0 Å². The van der Waals surface area contributed by atoms with E-state index < -0.39 is 23.6 Å². The van der Waals surface area contributed by atoms with Crippen molar-refractivity contribution >= 4 is 11.6 Å². The first-order valence-electron chi connectivity index (χ1n) is 3.75. The maximum absolute atomic E-state index is 11.9. The molecule has 1 rings (SSSR count). The summed E-state index contributed by atoms with van der Waals surface area (Å²) in [7, 11) is 0. The Morgan fingerprint density at radius 1 is 1.33 bits per heavy atom. The summed E-state index contributed by atoms with van der Waals surface area (Å²) in [6.07, 6.45) is -4.92. The maximum Gasteiger partial charge on any atom is 0.573 e. The van der Waals surface area contributed by atoms with E-state index in [1.165, 1.54) is 12.1 Å². The Balaban J connectivity index is 3.19. The Hall–Kier alpha value is -1.92. The second-order valence-electron chi connectivity index (χ2n) is 2.64. The average Bonchev–Trinajstić information content (AvgIpc) is 2.05. The van der Waals surface area contributed by atoms with Gasteiger partial charge in [0.2, 0.25) is 0 Å². The predicted molar refractivity (Wildman–Crippen MR) is 46.1 cm³/mol. The van der Waals surface area contributed by atoms with Gasteiger partial charge in [-0.1, -0.05) is 6.07 Å². The van der Waals surface area contributed by atoms with Gasteiger partial charge in [-0.15, -0.1) is 13.2 Å². The molecular weight excluding hydrogens is 213 g/mol. The van der Waals surface area contributed by atoms with Gasteiger partial charge in [-0.2, -0.15) is 0 Å². The van der Waals surface area contributed by atoms with Crippen LogP contribution in [-0.4, -0.2) is 12.3 Å². The first-order valence-corrected chi connectivity index (χ1v) is 3.75. The van der Waals surface area contributed by atoms with Crippen molar-refractivity contribution in [2.24, 2.45) is 5.73 Å². The first-order chi connectivity index (χ1) is 6.81. The molecule has 0 saturated heterocycles. The maximum atomic E-state index is 11.9. The number of carbonyl (C=O) groups excluding carboxylic acids is 1. The van der Waals surface area contributed by atoms with Crippen LogP contribution >= 0.6 is 0 Å². The molecule has 82 valence electrons. The lowest BCUT2D eigenvalue weighted by Crippen LogP contribution is -2.21. The zero-order chi connectivity index (χ0) is 11.6. The molecule has 15 heavy (non-hydrogen) atoms. The van der Waals surface area contributed by atoms with Crippen molar-refractivity contribution in [3.05, 3.63) is 23.8 Å². The van der Waals surface area contributed by atoms with Crippen molar-refractivity contribution in [1.29, 1.82) is 0 Å².